The lowest BCUT2D eigenvalue weighted by Crippen LogP contribution is -2.13. The van der Waals surface area contributed by atoms with Crippen molar-refractivity contribution in [3.8, 4) is 11.5 Å². The van der Waals surface area contributed by atoms with Gasteiger partial charge in [-0.15, -0.1) is 0 Å². The Morgan fingerprint density at radius 3 is 2.44 bits per heavy atom. The first-order valence-electron chi connectivity index (χ1n) is 6.65. The van der Waals surface area contributed by atoms with Gasteiger partial charge in [0.25, 0.3) is 0 Å². The van der Waals surface area contributed by atoms with Gasteiger partial charge in [0.15, 0.2) is 0 Å². The zero-order valence-electron chi connectivity index (χ0n) is 11.5. The molecule has 0 spiro atoms. The van der Waals surface area contributed by atoms with Crippen molar-refractivity contribution in [1.82, 2.24) is 0 Å². The van der Waals surface area contributed by atoms with Gasteiger partial charge in [-0.25, -0.2) is 0 Å². The van der Waals surface area contributed by atoms with Crippen molar-refractivity contribution in [3.63, 3.8) is 0 Å². The van der Waals surface area contributed by atoms with Crippen LogP contribution in [0.3, 0.4) is 0 Å². The quantitative estimate of drug-likeness (QED) is 0.493. The second-order valence-electron chi connectivity index (χ2n) is 4.55. The van der Waals surface area contributed by atoms with Gasteiger partial charge in [0.1, 0.15) is 17.6 Å². The summed E-state index contributed by atoms with van der Waals surface area (Å²) in [4.78, 5) is 0. The molecule has 0 unspecified atom stereocenters. The van der Waals surface area contributed by atoms with E-state index in [1.165, 1.54) is 12.8 Å². The number of hydrogen-bond acceptors (Lipinski definition) is 2. The van der Waals surface area contributed by atoms with E-state index in [0.29, 0.717) is 5.92 Å². The number of ether oxygens (including phenoxy) is 2. The number of benzene rings is 1. The van der Waals surface area contributed by atoms with E-state index >= 15 is 0 Å². The molecule has 0 aliphatic heterocycles. The van der Waals surface area contributed by atoms with Crippen LogP contribution in [0, 0.1) is 5.92 Å². The summed E-state index contributed by atoms with van der Waals surface area (Å²) >= 11 is 2.33. The van der Waals surface area contributed by atoms with Crippen LogP contribution in [0.25, 0.3) is 0 Å². The third kappa shape index (κ3) is 5.46. The number of alkyl halides is 1. The van der Waals surface area contributed by atoms with Crippen LogP contribution in [0.4, 0.5) is 0 Å². The first-order chi connectivity index (χ1) is 8.69. The summed E-state index contributed by atoms with van der Waals surface area (Å²) in [6.45, 7) is 7.28. The van der Waals surface area contributed by atoms with Crippen molar-refractivity contribution in [1.29, 1.82) is 0 Å². The van der Waals surface area contributed by atoms with Crippen molar-refractivity contribution in [3.05, 3.63) is 24.3 Å². The van der Waals surface area contributed by atoms with Crippen molar-refractivity contribution >= 4 is 22.6 Å². The minimum atomic E-state index is 0.236. The Balaban J connectivity index is 2.53. The van der Waals surface area contributed by atoms with E-state index in [4.69, 9.17) is 9.47 Å². The largest absolute Gasteiger partial charge is 0.493 e. The van der Waals surface area contributed by atoms with Crippen LogP contribution in [-0.2, 0) is 0 Å². The molecule has 1 rings (SSSR count). The van der Waals surface area contributed by atoms with E-state index in [2.05, 4.69) is 43.4 Å². The second-order valence-corrected chi connectivity index (χ2v) is 5.43. The van der Waals surface area contributed by atoms with Crippen LogP contribution >= 0.6 is 22.6 Å². The molecule has 1 aromatic rings. The molecule has 0 saturated carbocycles. The molecule has 2 nitrogen and oxygen atoms in total. The maximum absolute atomic E-state index is 5.82. The minimum Gasteiger partial charge on any atom is -0.493 e. The lowest BCUT2D eigenvalue weighted by atomic mass is 10.1. The Hall–Kier alpha value is -0.450. The van der Waals surface area contributed by atoms with Gasteiger partial charge in [-0.1, -0.05) is 55.3 Å². The lowest BCUT2D eigenvalue weighted by Gasteiger charge is -2.15. The molecule has 1 atom stereocenters. The van der Waals surface area contributed by atoms with Gasteiger partial charge < -0.3 is 9.47 Å². The summed E-state index contributed by atoms with van der Waals surface area (Å²) in [5.41, 5.74) is 0. The Kier molecular flexibility index (Phi) is 7.47. The summed E-state index contributed by atoms with van der Waals surface area (Å²) in [5.74, 6) is 2.43. The van der Waals surface area contributed by atoms with Gasteiger partial charge in [-0.05, 0) is 25.0 Å². The summed E-state index contributed by atoms with van der Waals surface area (Å²) in [5, 5.41) is 0. The fourth-order valence-electron chi connectivity index (χ4n) is 1.64. The summed E-state index contributed by atoms with van der Waals surface area (Å²) < 4.78 is 12.6. The fourth-order valence-corrected chi connectivity index (χ4v) is 1.82. The van der Waals surface area contributed by atoms with Crippen LogP contribution < -0.4 is 9.47 Å². The Bertz CT molecular complexity index is 337. The van der Waals surface area contributed by atoms with Crippen LogP contribution in [0.2, 0.25) is 0 Å². The average Bonchev–Trinajstić information content (AvgIpc) is 2.40. The second kappa shape index (κ2) is 8.62. The van der Waals surface area contributed by atoms with Crippen LogP contribution in [-0.4, -0.2) is 17.1 Å². The van der Waals surface area contributed by atoms with Crippen molar-refractivity contribution in [2.75, 3.05) is 11.0 Å². The third-order valence-electron chi connectivity index (χ3n) is 3.00. The molecule has 0 fully saturated rings. The molecule has 18 heavy (non-hydrogen) atoms. The molecular formula is C15H23IO2. The number of halogens is 1. The van der Waals surface area contributed by atoms with Gasteiger partial charge in [0, 0.05) is 10.5 Å². The molecule has 0 bridgehead atoms. The predicted octanol–water partition coefficient (Wildman–Crippen LogP) is 4.70. The number of rotatable bonds is 8. The molecule has 0 radical (unpaired) electrons. The van der Waals surface area contributed by atoms with Gasteiger partial charge in [0.05, 0.1) is 6.61 Å². The Morgan fingerprint density at radius 1 is 1.17 bits per heavy atom. The molecule has 0 aliphatic carbocycles. The SMILES string of the molecule is CCC(CC)COc1cccc(O[C@@H](C)CI)c1. The van der Waals surface area contributed by atoms with Crippen molar-refractivity contribution < 1.29 is 9.47 Å². The third-order valence-corrected chi connectivity index (χ3v) is 4.24. The highest BCUT2D eigenvalue weighted by Gasteiger charge is 2.06. The first kappa shape index (κ1) is 15.6. The summed E-state index contributed by atoms with van der Waals surface area (Å²) in [7, 11) is 0. The Labute approximate surface area is 124 Å². The molecule has 0 amide bonds. The molecule has 0 heterocycles. The summed E-state index contributed by atoms with van der Waals surface area (Å²) in [6, 6.07) is 7.93. The fraction of sp³-hybridized carbons (Fsp3) is 0.600. The topological polar surface area (TPSA) is 18.5 Å². The zero-order chi connectivity index (χ0) is 13.4. The van der Waals surface area contributed by atoms with Crippen molar-refractivity contribution in [2.24, 2.45) is 5.92 Å². The Morgan fingerprint density at radius 2 is 1.83 bits per heavy atom. The van der Waals surface area contributed by atoms with E-state index in [9.17, 15) is 0 Å². The van der Waals surface area contributed by atoms with Gasteiger partial charge in [0.2, 0.25) is 0 Å². The van der Waals surface area contributed by atoms with Gasteiger partial charge in [-0.3, -0.25) is 0 Å². The van der Waals surface area contributed by atoms with Gasteiger partial charge in [-0.2, -0.15) is 0 Å². The van der Waals surface area contributed by atoms with E-state index in [1.54, 1.807) is 0 Å². The van der Waals surface area contributed by atoms with Crippen LogP contribution in [0.15, 0.2) is 24.3 Å². The highest BCUT2D eigenvalue weighted by molar-refractivity contribution is 14.1. The smallest absolute Gasteiger partial charge is 0.123 e. The number of hydrogen-bond donors (Lipinski definition) is 0. The normalized spacial score (nSPS) is 12.5. The predicted molar refractivity (Wildman–Crippen MR) is 85.0 cm³/mol. The molecular weight excluding hydrogens is 339 g/mol. The molecule has 3 heteroatoms. The average molecular weight is 362 g/mol. The molecule has 102 valence electrons. The standard InChI is InChI=1S/C15H23IO2/c1-4-13(5-2)11-17-14-7-6-8-15(9-14)18-12(3)10-16/h6-9,12-13H,4-5,10-11H2,1-3H3/t12-/m0/s1. The molecule has 0 saturated heterocycles. The van der Waals surface area contributed by atoms with Crippen LogP contribution in [0.5, 0.6) is 11.5 Å². The van der Waals surface area contributed by atoms with E-state index in [-0.39, 0.29) is 6.10 Å². The van der Waals surface area contributed by atoms with Crippen LogP contribution in [0.1, 0.15) is 33.6 Å². The molecule has 1 aromatic carbocycles. The highest BCUT2D eigenvalue weighted by Crippen LogP contribution is 2.22. The highest BCUT2D eigenvalue weighted by atomic mass is 127. The van der Waals surface area contributed by atoms with E-state index in [1.807, 2.05) is 24.3 Å². The molecule has 0 N–H and O–H groups in total. The van der Waals surface area contributed by atoms with Crippen molar-refractivity contribution in [2.45, 2.75) is 39.7 Å². The lowest BCUT2D eigenvalue weighted by molar-refractivity contribution is 0.232. The zero-order valence-corrected chi connectivity index (χ0v) is 13.6. The minimum absolute atomic E-state index is 0.236. The maximum atomic E-state index is 5.82. The van der Waals surface area contributed by atoms with Gasteiger partial charge >= 0.3 is 0 Å². The van der Waals surface area contributed by atoms with E-state index < -0.39 is 0 Å². The molecule has 0 aliphatic rings. The first-order valence-corrected chi connectivity index (χ1v) is 8.17. The molecule has 0 aromatic heterocycles. The maximum Gasteiger partial charge on any atom is 0.123 e. The van der Waals surface area contributed by atoms with E-state index in [0.717, 1.165) is 22.5 Å². The monoisotopic (exact) mass is 362 g/mol. The summed E-state index contributed by atoms with van der Waals surface area (Å²) in [6.07, 6.45) is 2.57.